The SMILES string of the molecule is C=C/C=C(\C=C/C)OP1(OC2=CC=CCC2)=NP(OC(/C=C\C)=C/C=C)(Oc2ccccc2)=NP(Oc2ccc(C)cc2)(C(C)(C)OC2=CC(C)C(OP3(Oc4ccccc4)=NP(Oc4ccccc4)(Oc4ccccc4)=NP(Oc4ccccc4)(C(C)(C)C(C)(C)Oc4ccc(OP5(OC(/C=C\C)=C/C=C)=NP(OC(/C=C\C)=C/C=C)(OC(/C=C\C)=C/C=C)=NP(OC6=CC=CCC6)(Oc6ccc(C)cc6)=N5)cc4)=N3)C=C2)=N1. The molecule has 14 rings (SSSR count). The van der Waals surface area contributed by atoms with Crippen LogP contribution in [0.4, 0.5) is 0 Å². The number of benzene rings is 8. The van der Waals surface area contributed by atoms with E-state index in [2.05, 4.69) is 39.0 Å². The van der Waals surface area contributed by atoms with Gasteiger partial charge in [-0.1, -0.05) is 275 Å². The molecule has 3 aliphatic carbocycles. The number of rotatable bonds is 49. The molecule has 3 heterocycles. The molecule has 0 aromatic heterocycles. The third-order valence-corrected chi connectivity index (χ3v) is 49.7. The normalized spacial score (nSPS) is 23.8. The molecule has 36 heteroatoms. The van der Waals surface area contributed by atoms with E-state index in [0.717, 1.165) is 11.1 Å². The van der Waals surface area contributed by atoms with Crippen molar-refractivity contribution in [3.63, 3.8) is 0 Å². The smallest absolute Gasteiger partial charge is 0.460 e. The van der Waals surface area contributed by atoms with Crippen molar-refractivity contribution >= 4 is 68.5 Å². The number of nitrogens with zero attached hydrogens (tertiary/aromatic N) is 9. The molecule has 0 amide bonds. The Hall–Kier alpha value is -13.1. The molecule has 6 aliphatic rings. The number of allylic oxidation sites excluding steroid dienone is 29. The summed E-state index contributed by atoms with van der Waals surface area (Å²) in [5, 5.41) is -3.13. The first-order valence-electron chi connectivity index (χ1n) is 48.4. The van der Waals surface area contributed by atoms with Crippen molar-refractivity contribution in [2.45, 2.75) is 145 Å². The maximum atomic E-state index is 7.95. The van der Waals surface area contributed by atoms with E-state index in [0.29, 0.717) is 100 Å². The van der Waals surface area contributed by atoms with Crippen molar-refractivity contribution < 1.29 is 81.9 Å². The van der Waals surface area contributed by atoms with Gasteiger partial charge in [0.2, 0.25) is 0 Å². The zero-order valence-electron chi connectivity index (χ0n) is 86.0. The van der Waals surface area contributed by atoms with Gasteiger partial charge in [-0.15, -0.1) is 22.6 Å². The van der Waals surface area contributed by atoms with Gasteiger partial charge < -0.3 is 77.3 Å². The molecule has 9 unspecified atom stereocenters. The molecule has 3 aliphatic heterocycles. The van der Waals surface area contributed by atoms with Gasteiger partial charge in [0.1, 0.15) is 103 Å². The summed E-state index contributed by atoms with van der Waals surface area (Å²) in [6.45, 7) is 47.2. The molecular formula is C113H128N9O18P9. The van der Waals surface area contributed by atoms with E-state index >= 15 is 0 Å². The van der Waals surface area contributed by atoms with Crippen LogP contribution in [0, 0.1) is 19.8 Å². The topological polar surface area (TPSA) is 277 Å². The Labute approximate surface area is 878 Å². The lowest BCUT2D eigenvalue weighted by Crippen LogP contribution is -2.50. The summed E-state index contributed by atoms with van der Waals surface area (Å²) in [6, 6.07) is 68.1. The summed E-state index contributed by atoms with van der Waals surface area (Å²) < 4.78 is 186. The van der Waals surface area contributed by atoms with Crippen LogP contribution in [0.25, 0.3) is 0 Å². The van der Waals surface area contributed by atoms with Gasteiger partial charge in [-0.2, -0.15) is 0 Å². The minimum absolute atomic E-state index is 0.186. The standard InChI is InChI=1S/C113H128N9O18P9/c1-20-51-94(52-21-2)127-144(134-102-67-43-33-44-68-102)116-142(126-106-79-75-90(11)76-80-106,117-145(118-144,128-95(53-22-3)54-23-4)135-103-69-45-34-46-70-103)113(18,19)124-109-87-88-110(92(13)89-109)140-146(136-104-71-47-35-48-72-104)115-141(125-99-61-37-30-38-62-99,114-143(119-146,132-100-63-39-31-40-64-100)133-101-65-41-32-42-66-101)112(16,17)111(14,15)123-93-83-85-108(86-84-93)139-148(131-98(59-28-9)60-29-10)120-147(129-96(55-24-5)56-25-6,130-97(57-26-7)58-27-8)121-149(122-148,137-105-73-49-36-50-74-105)138-107-81-77-91(12)78-82-107/h20-45,47-49,51-69,71-73,75-89,92,110H,1,3,5,7,9,46,50,70,74H2,2,4,6,8,10-19H3/b52-21-,54-23-,56-25-,58-27-,60-29-,94-51+,95-53+,96-55+,97-57+,98-59+. The molecule has 9 atom stereocenters. The zero-order chi connectivity index (χ0) is 106. The molecule has 8 aromatic rings. The zero-order valence-corrected chi connectivity index (χ0v) is 94.1. The van der Waals surface area contributed by atoms with Crippen molar-refractivity contribution in [2.75, 3.05) is 0 Å². The lowest BCUT2D eigenvalue weighted by molar-refractivity contribution is 0.0707. The van der Waals surface area contributed by atoms with Gasteiger partial charge in [0.15, 0.2) is 5.34 Å². The largest absolute Gasteiger partial charge is 0.487 e. The molecule has 0 saturated carbocycles. The highest BCUT2D eigenvalue weighted by molar-refractivity contribution is 7.82. The van der Waals surface area contributed by atoms with E-state index in [-0.39, 0.29) is 23.0 Å². The highest BCUT2D eigenvalue weighted by Crippen LogP contribution is 2.87. The average molecular weight is 2180 g/mol. The second-order valence-corrected chi connectivity index (χ2v) is 55.8. The first kappa shape index (κ1) is 112. The number of aryl methyl sites for hydroxylation is 2. The average Bonchev–Trinajstić information content (AvgIpc) is 0.692. The van der Waals surface area contributed by atoms with Crippen LogP contribution in [0.1, 0.15) is 120 Å². The number of ether oxygens (including phenoxy) is 2. The van der Waals surface area contributed by atoms with E-state index in [1.165, 1.54) is 0 Å². The van der Waals surface area contributed by atoms with E-state index in [9.17, 15) is 0 Å². The lowest BCUT2D eigenvalue weighted by atomic mass is 9.93. The molecule has 0 radical (unpaired) electrons. The minimum Gasteiger partial charge on any atom is -0.487 e. The van der Waals surface area contributed by atoms with Gasteiger partial charge in [0, 0.05) is 18.8 Å². The lowest BCUT2D eigenvalue weighted by Gasteiger charge is -2.48. The fourth-order valence-corrected chi connectivity index (χ4v) is 46.1. The van der Waals surface area contributed by atoms with Crippen LogP contribution < -0.4 is 40.9 Å². The molecule has 0 N–H and O–H groups in total. The predicted octanol–water partition coefficient (Wildman–Crippen LogP) is 39.9. The first-order chi connectivity index (χ1) is 71.8. The van der Waals surface area contributed by atoms with Gasteiger partial charge in [-0.3, -0.25) is 4.52 Å². The second-order valence-electron chi connectivity index (χ2n) is 35.2. The van der Waals surface area contributed by atoms with Crippen molar-refractivity contribution in [2.24, 2.45) is 46.6 Å². The van der Waals surface area contributed by atoms with Crippen LogP contribution in [0.3, 0.4) is 0 Å². The molecule has 0 saturated heterocycles. The van der Waals surface area contributed by atoms with Crippen LogP contribution in [-0.4, -0.2) is 22.2 Å². The fraction of sp³-hybridized carbons (Fsp3) is 0.204. The highest BCUT2D eigenvalue weighted by atomic mass is 31.3. The summed E-state index contributed by atoms with van der Waals surface area (Å²) in [7, 11) is -39.6. The van der Waals surface area contributed by atoms with Gasteiger partial charge in [0.05, 0.1) is 11.3 Å². The van der Waals surface area contributed by atoms with Gasteiger partial charge >= 0.3 is 61.0 Å². The van der Waals surface area contributed by atoms with Crippen molar-refractivity contribution in [1.82, 2.24) is 0 Å². The Bertz CT molecular complexity index is 7230. The van der Waals surface area contributed by atoms with Crippen LogP contribution in [0.15, 0.2) is 520 Å². The Morgan fingerprint density at radius 2 is 0.617 bits per heavy atom. The van der Waals surface area contributed by atoms with E-state index in [1.807, 2.05) is 321 Å². The molecule has 778 valence electrons. The van der Waals surface area contributed by atoms with Crippen LogP contribution in [0.2, 0.25) is 0 Å². The minimum atomic E-state index is -4.57. The maximum Gasteiger partial charge on any atom is 0.460 e. The molecule has 0 bridgehead atoms. The number of hydrogen-bond donors (Lipinski definition) is 0. The fourth-order valence-electron chi connectivity index (χ4n) is 14.7. The predicted molar refractivity (Wildman–Crippen MR) is 611 cm³/mol. The summed E-state index contributed by atoms with van der Waals surface area (Å²) in [5.74, 6) is 5.08. The quantitative estimate of drug-likeness (QED) is 0.0195. The molecule has 0 fully saturated rings. The molecule has 27 nitrogen and oxygen atoms in total. The summed E-state index contributed by atoms with van der Waals surface area (Å²) in [5.41, 5.74) is 0.475. The third kappa shape index (κ3) is 29.0. The van der Waals surface area contributed by atoms with Crippen LogP contribution in [0.5, 0.6) is 51.7 Å². The molecular weight excluding hydrogens is 2050 g/mol. The summed E-state index contributed by atoms with van der Waals surface area (Å²) in [4.78, 5) is 0. The van der Waals surface area contributed by atoms with E-state index in [4.69, 9.17) is 122 Å². The van der Waals surface area contributed by atoms with E-state index < -0.39 is 96.6 Å². The van der Waals surface area contributed by atoms with Crippen molar-refractivity contribution in [1.29, 1.82) is 0 Å². The Morgan fingerprint density at radius 3 is 1.01 bits per heavy atom. The number of para-hydroxylation sites is 5. The van der Waals surface area contributed by atoms with Gasteiger partial charge in [-0.25, -0.2) is 0 Å². The third-order valence-electron chi connectivity index (χ3n) is 22.4. The summed E-state index contributed by atoms with van der Waals surface area (Å²) >= 11 is 0. The van der Waals surface area contributed by atoms with E-state index in [1.54, 1.807) is 170 Å². The maximum absolute atomic E-state index is 7.95. The van der Waals surface area contributed by atoms with Gasteiger partial charge in [-0.05, 0) is 297 Å². The van der Waals surface area contributed by atoms with Crippen LogP contribution in [-0.2, 0) is 40.9 Å². The Morgan fingerprint density at radius 1 is 0.322 bits per heavy atom. The van der Waals surface area contributed by atoms with Crippen molar-refractivity contribution in [3.8, 4) is 51.7 Å². The second kappa shape index (κ2) is 50.5. The molecule has 149 heavy (non-hydrogen) atoms. The first-order valence-corrected chi connectivity index (χ1v) is 62.4. The monoisotopic (exact) mass is 2180 g/mol. The Balaban J connectivity index is 0.951. The Kier molecular flexibility index (Phi) is 37.8. The van der Waals surface area contributed by atoms with Crippen molar-refractivity contribution in [3.05, 3.63) is 491 Å². The molecule has 8 aromatic carbocycles. The van der Waals surface area contributed by atoms with Crippen LogP contribution >= 0.6 is 68.5 Å². The van der Waals surface area contributed by atoms with Gasteiger partial charge in [0.25, 0.3) is 7.43 Å². The molecule has 0 spiro atoms. The number of hydrogen-bond acceptors (Lipinski definition) is 27. The summed E-state index contributed by atoms with van der Waals surface area (Å²) in [6.07, 6.45) is 52.7. The highest BCUT2D eigenvalue weighted by Gasteiger charge is 2.61.